The molecule has 0 aromatic heterocycles. The fraction of sp³-hybridized carbons (Fsp3) is 0.480. The van der Waals surface area contributed by atoms with Gasteiger partial charge in [-0.2, -0.15) is 0 Å². The molecule has 3 N–H and O–H groups in total. The van der Waals surface area contributed by atoms with Gasteiger partial charge in [0.2, 0.25) is 5.91 Å². The minimum atomic E-state index is -3.28. The Kier molecular flexibility index (Phi) is 15.1. The molecular weight excluding hydrogens is 516 g/mol. The maximum Gasteiger partial charge on any atom is 0.443 e. The molecule has 0 radical (unpaired) electrons. The van der Waals surface area contributed by atoms with Crippen molar-refractivity contribution >= 4 is 37.7 Å². The van der Waals surface area contributed by atoms with E-state index in [4.69, 9.17) is 22.7 Å². The van der Waals surface area contributed by atoms with Crippen LogP contribution in [0, 0.1) is 36.5 Å². The molecule has 0 spiro atoms. The maximum atomic E-state index is 12.7. The summed E-state index contributed by atoms with van der Waals surface area (Å²) in [4.78, 5) is 33.8. The molecule has 0 aliphatic rings. The van der Waals surface area contributed by atoms with Crippen molar-refractivity contribution in [1.82, 2.24) is 4.72 Å². The van der Waals surface area contributed by atoms with E-state index in [1.165, 1.54) is 13.8 Å². The fourth-order valence-corrected chi connectivity index (χ4v) is 6.25. The fourth-order valence-electron chi connectivity index (χ4n) is 2.98. The van der Waals surface area contributed by atoms with Crippen LogP contribution in [0.25, 0.3) is 0 Å². The quantitative estimate of drug-likeness (QED) is 0.446. The number of benzene rings is 1. The number of nitrogens with one attached hydrogen (secondary N) is 1. The predicted octanol–water partition coefficient (Wildman–Crippen LogP) is 3.60. The normalized spacial score (nSPS) is 15.8. The molecule has 0 saturated heterocycles. The number of terminal acetylenes is 2. The minimum absolute atomic E-state index is 0.0191. The number of carbonyl (C=O) groups excluding carboxylic acids is 3. The zero-order valence-electron chi connectivity index (χ0n) is 21.8. The molecule has 12 heteroatoms. The van der Waals surface area contributed by atoms with Crippen molar-refractivity contribution in [3.8, 4) is 24.7 Å². The lowest BCUT2D eigenvalue weighted by molar-refractivity contribution is -0.117. The number of nitrogens with two attached hydrogens (primary N) is 1. The van der Waals surface area contributed by atoms with Crippen LogP contribution in [-0.4, -0.2) is 37.8 Å². The van der Waals surface area contributed by atoms with E-state index < -0.39 is 43.8 Å². The Morgan fingerprint density at radius 1 is 0.973 bits per heavy atom. The largest absolute Gasteiger partial charge is 0.443 e. The van der Waals surface area contributed by atoms with Crippen LogP contribution in [0.2, 0.25) is 0 Å². The van der Waals surface area contributed by atoms with Gasteiger partial charge < -0.3 is 4.74 Å². The Morgan fingerprint density at radius 3 is 1.95 bits per heavy atom. The average Bonchev–Trinajstić information content (AvgIpc) is 2.72. The molecule has 1 aromatic rings. The summed E-state index contributed by atoms with van der Waals surface area (Å²) in [7, 11) is -6.15. The first-order chi connectivity index (χ1) is 17.1. The van der Waals surface area contributed by atoms with Crippen molar-refractivity contribution in [2.75, 3.05) is 11.5 Å². The Labute approximate surface area is 221 Å². The molecule has 204 valence electrons. The lowest BCUT2D eigenvalue weighted by Gasteiger charge is -2.15. The molecule has 0 bridgehead atoms. The predicted molar refractivity (Wildman–Crippen MR) is 146 cm³/mol. The number of rotatable bonds is 9. The Balaban J connectivity index is 0.000000845. The molecule has 0 fully saturated rings. The highest BCUT2D eigenvalue weighted by Crippen LogP contribution is 2.17. The van der Waals surface area contributed by atoms with Crippen LogP contribution in [0.15, 0.2) is 39.1 Å². The van der Waals surface area contributed by atoms with Gasteiger partial charge in [0, 0.05) is 32.4 Å². The smallest absolute Gasteiger partial charge is 0.440 e. The second kappa shape index (κ2) is 16.5. The molecular formula is C25H36N4O6S2. The minimum Gasteiger partial charge on any atom is -0.440 e. The van der Waals surface area contributed by atoms with E-state index in [0.717, 1.165) is 5.56 Å². The molecule has 3 amide bonds. The SMILES string of the molecule is C#CC[C@H](C)CS(=O)(=NC(=O)O[C@@H](C)c1ccccc1)NC(C)=O.C#CC[C@H](C)CS(N)(=O)=NC(C)=O. The van der Waals surface area contributed by atoms with E-state index in [1.54, 1.807) is 26.0 Å². The van der Waals surface area contributed by atoms with E-state index in [9.17, 15) is 22.8 Å². The first-order valence-corrected chi connectivity index (χ1v) is 14.7. The highest BCUT2D eigenvalue weighted by Gasteiger charge is 2.19. The summed E-state index contributed by atoms with van der Waals surface area (Å²) in [5.74, 6) is 3.83. The van der Waals surface area contributed by atoms with Gasteiger partial charge in [-0.15, -0.1) is 33.4 Å². The van der Waals surface area contributed by atoms with Crippen LogP contribution in [0.4, 0.5) is 4.79 Å². The van der Waals surface area contributed by atoms with Crippen LogP contribution in [-0.2, 0) is 34.2 Å². The summed E-state index contributed by atoms with van der Waals surface area (Å²) in [6.07, 6.45) is 9.61. The van der Waals surface area contributed by atoms with Crippen molar-refractivity contribution in [1.29, 1.82) is 0 Å². The van der Waals surface area contributed by atoms with Gasteiger partial charge in [0.05, 0.1) is 5.75 Å². The number of ether oxygens (including phenoxy) is 1. The third kappa shape index (κ3) is 16.2. The third-order valence-electron chi connectivity index (χ3n) is 4.32. The molecule has 2 unspecified atom stereocenters. The first-order valence-electron chi connectivity index (χ1n) is 11.3. The van der Waals surface area contributed by atoms with Crippen molar-refractivity contribution < 1.29 is 27.5 Å². The molecule has 10 nitrogen and oxygen atoms in total. The molecule has 0 aliphatic heterocycles. The Morgan fingerprint density at radius 2 is 1.49 bits per heavy atom. The van der Waals surface area contributed by atoms with Crippen molar-refractivity contribution in [2.24, 2.45) is 25.7 Å². The van der Waals surface area contributed by atoms with Gasteiger partial charge in [0.1, 0.15) is 25.9 Å². The van der Waals surface area contributed by atoms with Crippen LogP contribution in [0.3, 0.4) is 0 Å². The topological polar surface area (TPSA) is 157 Å². The number of carbonyl (C=O) groups is 3. The third-order valence-corrected chi connectivity index (χ3v) is 8.01. The molecule has 0 heterocycles. The monoisotopic (exact) mass is 552 g/mol. The van der Waals surface area contributed by atoms with Crippen molar-refractivity contribution in [3.05, 3.63) is 35.9 Å². The highest BCUT2D eigenvalue weighted by molar-refractivity contribution is 7.92. The summed E-state index contributed by atoms with van der Waals surface area (Å²) < 4.78 is 38.5. The van der Waals surface area contributed by atoms with E-state index in [2.05, 4.69) is 25.3 Å². The number of hydrogen-bond acceptors (Lipinski definition) is 6. The van der Waals surface area contributed by atoms with E-state index in [0.29, 0.717) is 12.8 Å². The summed E-state index contributed by atoms with van der Waals surface area (Å²) in [5.41, 5.74) is 0.785. The molecule has 37 heavy (non-hydrogen) atoms. The zero-order valence-corrected chi connectivity index (χ0v) is 23.5. The summed E-state index contributed by atoms with van der Waals surface area (Å²) in [6.45, 7) is 7.71. The van der Waals surface area contributed by atoms with Crippen molar-refractivity contribution in [3.63, 3.8) is 0 Å². The standard InChI is InChI=1S/C17H22N2O4S.C8H14N2O2S/c1-5-9-13(2)12-24(22,18-15(4)20)19-17(21)23-14(3)16-10-7-6-8-11-16;1-4-5-7(2)6-13(9,12)10-8(3)11/h1,6-8,10-11,13-14H,9,12H2,2-4H3,(H,18,19,20,21,22);1,7H,5-6H2,2-3H3,(H2,9,10,11,12)/t13-,14-,24?;7-,13?/m00/s1. The second-order valence-electron chi connectivity index (χ2n) is 8.49. The van der Waals surface area contributed by atoms with Gasteiger partial charge in [-0.1, -0.05) is 44.2 Å². The lowest BCUT2D eigenvalue weighted by Crippen LogP contribution is -2.33. The Bertz CT molecular complexity index is 1250. The number of nitrogens with zero attached hydrogens (tertiary/aromatic N) is 2. The molecule has 0 saturated carbocycles. The molecule has 1 aromatic carbocycles. The molecule has 5 atom stereocenters. The van der Waals surface area contributed by atoms with Crippen molar-refractivity contribution in [2.45, 2.75) is 53.6 Å². The van der Waals surface area contributed by atoms with E-state index in [1.807, 2.05) is 25.1 Å². The first kappa shape index (κ1) is 33.8. The van der Waals surface area contributed by atoms with Crippen LogP contribution < -0.4 is 9.86 Å². The summed E-state index contributed by atoms with van der Waals surface area (Å²) in [6, 6.07) is 9.09. The van der Waals surface area contributed by atoms with Gasteiger partial charge >= 0.3 is 6.09 Å². The zero-order chi connectivity index (χ0) is 28.6. The van der Waals surface area contributed by atoms with Gasteiger partial charge in [-0.05, 0) is 24.3 Å². The summed E-state index contributed by atoms with van der Waals surface area (Å²) in [5, 5.41) is 5.32. The Hall–Kier alpha value is -3.19. The maximum absolute atomic E-state index is 12.7. The number of amides is 3. The summed E-state index contributed by atoms with van der Waals surface area (Å²) >= 11 is 0. The highest BCUT2D eigenvalue weighted by atomic mass is 32.2. The molecule has 1 rings (SSSR count). The average molecular weight is 553 g/mol. The van der Waals surface area contributed by atoms with Gasteiger partial charge in [0.15, 0.2) is 0 Å². The van der Waals surface area contributed by atoms with Gasteiger partial charge in [0.25, 0.3) is 5.91 Å². The molecule has 0 aliphatic carbocycles. The van der Waals surface area contributed by atoms with Crippen LogP contribution >= 0.6 is 0 Å². The van der Waals surface area contributed by atoms with E-state index in [-0.39, 0.29) is 23.3 Å². The van der Waals surface area contributed by atoms with Crippen LogP contribution in [0.5, 0.6) is 0 Å². The van der Waals surface area contributed by atoms with E-state index >= 15 is 0 Å². The van der Waals surface area contributed by atoms with Crippen LogP contribution in [0.1, 0.15) is 59.1 Å². The second-order valence-corrected chi connectivity index (χ2v) is 12.4. The van der Waals surface area contributed by atoms with Gasteiger partial charge in [-0.3, -0.25) is 14.3 Å². The van der Waals surface area contributed by atoms with Gasteiger partial charge in [-0.25, -0.2) is 18.4 Å². The lowest BCUT2D eigenvalue weighted by atomic mass is 10.1. The number of hydrogen-bond donors (Lipinski definition) is 2.